The molecule has 6 heteroatoms. The van der Waals surface area contributed by atoms with Gasteiger partial charge in [-0.25, -0.2) is 4.39 Å². The largest absolute Gasteiger partial charge is 0.377 e. The first kappa shape index (κ1) is 15.7. The predicted molar refractivity (Wildman–Crippen MR) is 81.0 cm³/mol. The Balaban J connectivity index is 2.04. The summed E-state index contributed by atoms with van der Waals surface area (Å²) in [6.45, 7) is 8.41. The summed E-state index contributed by atoms with van der Waals surface area (Å²) >= 11 is 0. The lowest BCUT2D eigenvalue weighted by Crippen LogP contribution is -2.48. The van der Waals surface area contributed by atoms with E-state index < -0.39 is 10.7 Å². The van der Waals surface area contributed by atoms with E-state index in [1.54, 1.807) is 0 Å². The molecule has 116 valence electrons. The molecular formula is C15H22FN3O2. The number of likely N-dealkylation sites (tertiary alicyclic amines) is 1. The molecule has 2 rings (SSSR count). The van der Waals surface area contributed by atoms with E-state index in [0.717, 1.165) is 32.0 Å². The second kappa shape index (κ2) is 5.97. The molecule has 0 saturated carbocycles. The van der Waals surface area contributed by atoms with E-state index in [1.165, 1.54) is 12.1 Å². The van der Waals surface area contributed by atoms with Gasteiger partial charge in [0.25, 0.3) is 5.69 Å². The van der Waals surface area contributed by atoms with Gasteiger partial charge in [-0.3, -0.25) is 15.0 Å². The molecule has 0 unspecified atom stereocenters. The Hall–Kier alpha value is -1.69. The molecular weight excluding hydrogens is 273 g/mol. The van der Waals surface area contributed by atoms with E-state index in [0.29, 0.717) is 0 Å². The Morgan fingerprint density at radius 1 is 1.33 bits per heavy atom. The molecule has 0 amide bonds. The number of hydrogen-bond donors (Lipinski definition) is 1. The second-order valence-electron chi connectivity index (χ2n) is 6.50. The topological polar surface area (TPSA) is 58.4 Å². The number of hydrogen-bond acceptors (Lipinski definition) is 4. The lowest BCUT2D eigenvalue weighted by molar-refractivity contribution is -0.384. The summed E-state index contributed by atoms with van der Waals surface area (Å²) in [6, 6.07) is 3.67. The van der Waals surface area contributed by atoms with E-state index in [1.807, 2.05) is 0 Å². The normalized spacial score (nSPS) is 17.7. The first-order chi connectivity index (χ1) is 9.77. The van der Waals surface area contributed by atoms with E-state index in [2.05, 4.69) is 31.0 Å². The molecule has 0 aliphatic carbocycles. The van der Waals surface area contributed by atoms with Crippen LogP contribution in [0.25, 0.3) is 0 Å². The fourth-order valence-corrected chi connectivity index (χ4v) is 2.70. The molecule has 0 atom stereocenters. The summed E-state index contributed by atoms with van der Waals surface area (Å²) in [4.78, 5) is 12.9. The van der Waals surface area contributed by atoms with E-state index in [-0.39, 0.29) is 23.0 Å². The van der Waals surface area contributed by atoms with Gasteiger partial charge in [-0.15, -0.1) is 0 Å². The van der Waals surface area contributed by atoms with Crippen molar-refractivity contribution in [3.05, 3.63) is 34.1 Å². The van der Waals surface area contributed by atoms with Crippen LogP contribution in [0.3, 0.4) is 0 Å². The molecule has 1 saturated heterocycles. The van der Waals surface area contributed by atoms with Crippen LogP contribution in [0.1, 0.15) is 33.6 Å². The van der Waals surface area contributed by atoms with E-state index >= 15 is 0 Å². The Bertz CT molecular complexity index is 520. The Labute approximate surface area is 124 Å². The minimum absolute atomic E-state index is 0.0744. The van der Waals surface area contributed by atoms with Gasteiger partial charge in [0.1, 0.15) is 11.5 Å². The summed E-state index contributed by atoms with van der Waals surface area (Å²) in [5.41, 5.74) is 0.333. The summed E-state index contributed by atoms with van der Waals surface area (Å²) in [5.74, 6) is -0.463. The van der Waals surface area contributed by atoms with Crippen molar-refractivity contribution >= 4 is 11.4 Å². The number of rotatable bonds is 3. The molecule has 21 heavy (non-hydrogen) atoms. The van der Waals surface area contributed by atoms with Crippen molar-refractivity contribution in [1.82, 2.24) is 4.90 Å². The van der Waals surface area contributed by atoms with Crippen molar-refractivity contribution < 1.29 is 9.31 Å². The number of halogens is 1. The van der Waals surface area contributed by atoms with Gasteiger partial charge in [0.15, 0.2) is 0 Å². The minimum Gasteiger partial charge on any atom is -0.377 e. The maximum atomic E-state index is 13.3. The number of piperidine rings is 1. The summed E-state index contributed by atoms with van der Waals surface area (Å²) in [5, 5.41) is 14.1. The molecule has 0 radical (unpaired) electrons. The average Bonchev–Trinajstić information content (AvgIpc) is 2.38. The van der Waals surface area contributed by atoms with Crippen molar-refractivity contribution in [2.75, 3.05) is 18.4 Å². The second-order valence-corrected chi connectivity index (χ2v) is 6.50. The molecule has 1 aromatic carbocycles. The fourth-order valence-electron chi connectivity index (χ4n) is 2.70. The molecule has 0 bridgehead atoms. The van der Waals surface area contributed by atoms with Crippen LogP contribution in [0.15, 0.2) is 18.2 Å². The highest BCUT2D eigenvalue weighted by atomic mass is 19.1. The van der Waals surface area contributed by atoms with Crippen LogP contribution in [0.2, 0.25) is 0 Å². The van der Waals surface area contributed by atoms with Crippen LogP contribution in [0, 0.1) is 15.9 Å². The zero-order valence-electron chi connectivity index (χ0n) is 12.7. The highest BCUT2D eigenvalue weighted by Crippen LogP contribution is 2.28. The van der Waals surface area contributed by atoms with Crippen molar-refractivity contribution in [2.45, 2.75) is 45.2 Å². The predicted octanol–water partition coefficient (Wildman–Crippen LogP) is 3.41. The van der Waals surface area contributed by atoms with E-state index in [9.17, 15) is 14.5 Å². The smallest absolute Gasteiger partial charge is 0.292 e. The number of nitrogens with zero attached hydrogens (tertiary/aromatic N) is 2. The monoisotopic (exact) mass is 295 g/mol. The molecule has 1 aliphatic rings. The van der Waals surface area contributed by atoms with Gasteiger partial charge < -0.3 is 5.32 Å². The van der Waals surface area contributed by atoms with Gasteiger partial charge in [0.2, 0.25) is 0 Å². The zero-order chi connectivity index (χ0) is 15.6. The SMILES string of the molecule is CC(C)(C)N1CCC(Nc2cc(F)ccc2[N+](=O)[O-])CC1. The van der Waals surface area contributed by atoms with Gasteiger partial charge in [-0.2, -0.15) is 0 Å². The Kier molecular flexibility index (Phi) is 4.46. The van der Waals surface area contributed by atoms with Crippen LogP contribution in [0.5, 0.6) is 0 Å². The van der Waals surface area contributed by atoms with Crippen molar-refractivity contribution in [3.8, 4) is 0 Å². The minimum atomic E-state index is -0.480. The number of benzene rings is 1. The molecule has 5 nitrogen and oxygen atoms in total. The number of anilines is 1. The first-order valence-electron chi connectivity index (χ1n) is 7.23. The summed E-state index contributed by atoms with van der Waals surface area (Å²) < 4.78 is 13.3. The molecule has 1 aliphatic heterocycles. The van der Waals surface area contributed by atoms with Crippen molar-refractivity contribution in [2.24, 2.45) is 0 Å². The molecule has 0 aromatic heterocycles. The highest BCUT2D eigenvalue weighted by Gasteiger charge is 2.28. The molecule has 1 fully saturated rings. The molecule has 1 heterocycles. The van der Waals surface area contributed by atoms with Crippen molar-refractivity contribution in [1.29, 1.82) is 0 Å². The van der Waals surface area contributed by atoms with E-state index in [4.69, 9.17) is 0 Å². The van der Waals surface area contributed by atoms with Crippen LogP contribution >= 0.6 is 0 Å². The van der Waals surface area contributed by atoms with Gasteiger partial charge in [-0.05, 0) is 39.7 Å². The number of nitrogens with one attached hydrogen (secondary N) is 1. The third-order valence-electron chi connectivity index (χ3n) is 3.96. The first-order valence-corrected chi connectivity index (χ1v) is 7.23. The lowest BCUT2D eigenvalue weighted by Gasteiger charge is -2.41. The fraction of sp³-hybridized carbons (Fsp3) is 0.600. The van der Waals surface area contributed by atoms with Crippen molar-refractivity contribution in [3.63, 3.8) is 0 Å². The van der Waals surface area contributed by atoms with Crippen LogP contribution in [-0.2, 0) is 0 Å². The van der Waals surface area contributed by atoms with Gasteiger partial charge in [0.05, 0.1) is 4.92 Å². The highest BCUT2D eigenvalue weighted by molar-refractivity contribution is 5.61. The maximum absolute atomic E-state index is 13.3. The Morgan fingerprint density at radius 2 is 1.95 bits per heavy atom. The summed E-state index contributed by atoms with van der Waals surface area (Å²) in [6.07, 6.45) is 1.79. The van der Waals surface area contributed by atoms with Gasteiger partial charge in [-0.1, -0.05) is 0 Å². The average molecular weight is 295 g/mol. The summed E-state index contributed by atoms with van der Waals surface area (Å²) in [7, 11) is 0. The standard InChI is InChI=1S/C15H22FN3O2/c1-15(2,3)18-8-6-12(7-9-18)17-13-10-11(16)4-5-14(13)19(20)21/h4-5,10,12,17H,6-9H2,1-3H3. The van der Waals surface area contributed by atoms with Crippen LogP contribution < -0.4 is 5.32 Å². The number of nitro groups is 1. The number of nitro benzene ring substituents is 1. The molecule has 1 aromatic rings. The van der Waals surface area contributed by atoms with Crippen LogP contribution in [0.4, 0.5) is 15.8 Å². The van der Waals surface area contributed by atoms with Crippen LogP contribution in [-0.4, -0.2) is 34.5 Å². The molecule has 0 spiro atoms. The van der Waals surface area contributed by atoms with Gasteiger partial charge in [0, 0.05) is 36.8 Å². The van der Waals surface area contributed by atoms with Gasteiger partial charge >= 0.3 is 0 Å². The molecule has 1 N–H and O–H groups in total. The maximum Gasteiger partial charge on any atom is 0.292 e. The Morgan fingerprint density at radius 3 is 2.48 bits per heavy atom. The quantitative estimate of drug-likeness (QED) is 0.686. The lowest BCUT2D eigenvalue weighted by atomic mass is 9.98. The third kappa shape index (κ3) is 3.91. The zero-order valence-corrected chi connectivity index (χ0v) is 12.7. The third-order valence-corrected chi connectivity index (χ3v) is 3.96.